The zero-order valence-electron chi connectivity index (χ0n) is 54.8. The molecule has 6 aromatic rings. The van der Waals surface area contributed by atoms with E-state index >= 15 is 0 Å². The summed E-state index contributed by atoms with van der Waals surface area (Å²) >= 11 is 0. The SMILES string of the molecule is COc1cc(CCCOC(=O)C2CCN(C(=O)OCc3ccccc3)C2)cc(C)c1OC.COc1cc(CCOC(=O)C2CCN(C(=O)OCc3ccccc3)C2)cc(OC)c1C.COc1cc(COC(=O)C2CCN(C(=O)OCc3ccccc3)C2)cc(C)c1OC. The van der Waals surface area contributed by atoms with Crippen LogP contribution in [0.4, 0.5) is 14.4 Å². The first-order valence-corrected chi connectivity index (χ1v) is 31.1. The normalized spacial score (nSPS) is 15.5. The van der Waals surface area contributed by atoms with E-state index in [-0.39, 0.29) is 68.7 Å². The molecule has 3 heterocycles. The highest BCUT2D eigenvalue weighted by atomic mass is 16.6. The van der Waals surface area contributed by atoms with Crippen LogP contribution in [-0.2, 0) is 82.1 Å². The number of nitrogens with zero attached hydrogens (tertiary/aromatic N) is 3. The molecule has 0 radical (unpaired) electrons. The maximum Gasteiger partial charge on any atom is 0.410 e. The third-order valence-electron chi connectivity index (χ3n) is 16.1. The van der Waals surface area contributed by atoms with Gasteiger partial charge >= 0.3 is 36.2 Å². The van der Waals surface area contributed by atoms with E-state index in [1.807, 2.05) is 136 Å². The summed E-state index contributed by atoms with van der Waals surface area (Å²) in [7, 11) is 9.62. The number of esters is 3. The summed E-state index contributed by atoms with van der Waals surface area (Å²) in [4.78, 5) is 78.8. The zero-order valence-corrected chi connectivity index (χ0v) is 54.8. The van der Waals surface area contributed by atoms with Crippen LogP contribution in [0.3, 0.4) is 0 Å². The van der Waals surface area contributed by atoms with Crippen LogP contribution in [0.25, 0.3) is 0 Å². The van der Waals surface area contributed by atoms with E-state index in [9.17, 15) is 28.8 Å². The second-order valence-corrected chi connectivity index (χ2v) is 22.6. The number of hydrogen-bond acceptors (Lipinski definition) is 18. The van der Waals surface area contributed by atoms with Crippen molar-refractivity contribution < 1.29 is 85.6 Å². The lowest BCUT2D eigenvalue weighted by atomic mass is 10.1. The molecule has 0 saturated carbocycles. The van der Waals surface area contributed by atoms with Gasteiger partial charge in [0.1, 0.15) is 37.9 Å². The first-order chi connectivity index (χ1) is 45.0. The number of hydrogen-bond donors (Lipinski definition) is 0. The van der Waals surface area contributed by atoms with Gasteiger partial charge < -0.3 is 71.5 Å². The lowest BCUT2D eigenvalue weighted by Crippen LogP contribution is -2.31. The fourth-order valence-electron chi connectivity index (χ4n) is 11.0. The van der Waals surface area contributed by atoms with Gasteiger partial charge in [0.2, 0.25) is 0 Å². The summed E-state index contributed by atoms with van der Waals surface area (Å²) in [6.45, 7) is 9.60. The Morgan fingerprint density at radius 2 is 0.699 bits per heavy atom. The van der Waals surface area contributed by atoms with Crippen LogP contribution in [0.15, 0.2) is 127 Å². The maximum atomic E-state index is 12.5. The standard InChI is InChI=1S/C25H31NO6.C24H29NO6.C23H27NO6/c1-18-14-20(15-22(29-2)23(18)30-3)10-7-13-31-24(27)21-11-12-26(16-21)25(28)32-17-19-8-5-4-6-9-19;1-17-21(28-2)13-19(14-22(17)29-3)10-12-30-23(26)20-9-11-25(15-20)24(27)31-16-18-7-5-4-6-8-18;1-16-11-18(12-20(27-2)21(16)28-3)15-29-22(25)19-9-10-24(13-19)23(26)30-14-17-7-5-4-6-8-17/h4-6,8-9,14-15,21H,7,10-13,16-17H2,1-3H3;4-8,13-14,20H,9-12,15-16H2,1-3H3;4-8,11-12,19H,9-10,13-15H2,1-3H3. The minimum Gasteiger partial charge on any atom is -0.496 e. The zero-order chi connectivity index (χ0) is 66.7. The van der Waals surface area contributed by atoms with Crippen LogP contribution in [0.2, 0.25) is 0 Å². The topological polar surface area (TPSA) is 223 Å². The average molecular weight is 1280 g/mol. The highest BCUT2D eigenvalue weighted by Gasteiger charge is 2.35. The lowest BCUT2D eigenvalue weighted by Gasteiger charge is -2.16. The first-order valence-electron chi connectivity index (χ1n) is 31.1. The number of rotatable bonds is 24. The third kappa shape index (κ3) is 21.2. The molecule has 3 aliphatic heterocycles. The molecule has 498 valence electrons. The van der Waals surface area contributed by atoms with E-state index in [1.54, 1.807) is 63.4 Å². The number of aryl methyl sites for hydroxylation is 3. The molecule has 0 aliphatic carbocycles. The van der Waals surface area contributed by atoms with E-state index in [4.69, 9.17) is 56.8 Å². The number of benzene rings is 6. The van der Waals surface area contributed by atoms with Crippen molar-refractivity contribution in [3.05, 3.63) is 177 Å². The average Bonchev–Trinajstić information content (AvgIpc) is 2.92. The molecular weight excluding hydrogens is 1190 g/mol. The van der Waals surface area contributed by atoms with Crippen LogP contribution in [0, 0.1) is 38.5 Å². The molecule has 21 heteroatoms. The number of methoxy groups -OCH3 is 6. The van der Waals surface area contributed by atoms with Gasteiger partial charge in [-0.1, -0.05) is 97.1 Å². The largest absolute Gasteiger partial charge is 0.496 e. The molecule has 93 heavy (non-hydrogen) atoms. The van der Waals surface area contributed by atoms with Gasteiger partial charge in [-0.3, -0.25) is 14.4 Å². The Morgan fingerprint density at radius 3 is 1.09 bits per heavy atom. The van der Waals surface area contributed by atoms with Gasteiger partial charge in [-0.05, 0) is 128 Å². The number of likely N-dealkylation sites (tertiary alicyclic amines) is 3. The molecule has 3 unspecified atom stereocenters. The van der Waals surface area contributed by atoms with Gasteiger partial charge in [0.25, 0.3) is 0 Å². The summed E-state index contributed by atoms with van der Waals surface area (Å²) < 4.78 is 64.6. The lowest BCUT2D eigenvalue weighted by molar-refractivity contribution is -0.149. The van der Waals surface area contributed by atoms with Gasteiger partial charge in [-0.2, -0.15) is 0 Å². The molecule has 0 N–H and O–H groups in total. The molecule has 3 atom stereocenters. The van der Waals surface area contributed by atoms with E-state index < -0.39 is 18.3 Å². The molecule has 21 nitrogen and oxygen atoms in total. The van der Waals surface area contributed by atoms with Crippen LogP contribution in [0.5, 0.6) is 34.5 Å². The van der Waals surface area contributed by atoms with Gasteiger partial charge in [0.15, 0.2) is 23.0 Å². The van der Waals surface area contributed by atoms with Crippen molar-refractivity contribution in [1.82, 2.24) is 14.7 Å². The molecular formula is C72H87N3O18. The Bertz CT molecular complexity index is 3380. The summed E-state index contributed by atoms with van der Waals surface area (Å²) in [5.74, 6) is 2.31. The second kappa shape index (κ2) is 36.4. The van der Waals surface area contributed by atoms with Crippen molar-refractivity contribution in [3.8, 4) is 34.5 Å². The monoisotopic (exact) mass is 1280 g/mol. The van der Waals surface area contributed by atoms with Crippen LogP contribution in [0.1, 0.15) is 75.8 Å². The predicted octanol–water partition coefficient (Wildman–Crippen LogP) is 11.6. The summed E-state index contributed by atoms with van der Waals surface area (Å²) in [6.07, 6.45) is 2.53. The van der Waals surface area contributed by atoms with Crippen molar-refractivity contribution >= 4 is 36.2 Å². The fourth-order valence-corrected chi connectivity index (χ4v) is 11.0. The summed E-state index contributed by atoms with van der Waals surface area (Å²) in [6, 6.07) is 40.1. The Balaban J connectivity index is 0.000000198. The molecule has 6 aromatic carbocycles. The number of amides is 3. The second-order valence-electron chi connectivity index (χ2n) is 22.6. The van der Waals surface area contributed by atoms with Gasteiger partial charge in [-0.15, -0.1) is 0 Å². The smallest absolute Gasteiger partial charge is 0.410 e. The van der Waals surface area contributed by atoms with Crippen LogP contribution < -0.4 is 28.4 Å². The van der Waals surface area contributed by atoms with Crippen molar-refractivity contribution in [3.63, 3.8) is 0 Å². The molecule has 0 aromatic heterocycles. The van der Waals surface area contributed by atoms with Crippen LogP contribution >= 0.6 is 0 Å². The van der Waals surface area contributed by atoms with Crippen LogP contribution in [-0.4, -0.2) is 146 Å². The molecule has 9 rings (SSSR count). The highest BCUT2D eigenvalue weighted by Crippen LogP contribution is 2.35. The first kappa shape index (κ1) is 70.8. The number of carbonyl (C=O) groups is 6. The molecule has 0 bridgehead atoms. The Labute approximate surface area is 544 Å². The van der Waals surface area contributed by atoms with Gasteiger partial charge in [0, 0.05) is 51.3 Å². The highest BCUT2D eigenvalue weighted by molar-refractivity contribution is 5.77. The van der Waals surface area contributed by atoms with Crippen molar-refractivity contribution in [2.24, 2.45) is 17.8 Å². The predicted molar refractivity (Wildman–Crippen MR) is 346 cm³/mol. The Morgan fingerprint density at radius 1 is 0.366 bits per heavy atom. The van der Waals surface area contributed by atoms with Crippen molar-refractivity contribution in [2.45, 2.75) is 85.7 Å². The molecule has 3 fully saturated rings. The van der Waals surface area contributed by atoms with E-state index in [0.29, 0.717) is 95.2 Å². The van der Waals surface area contributed by atoms with Crippen molar-refractivity contribution in [2.75, 3.05) is 95.1 Å². The molecule has 3 saturated heterocycles. The molecule has 0 spiro atoms. The fraction of sp³-hybridized carbons (Fsp3) is 0.417. The quantitative estimate of drug-likeness (QED) is 0.0312. The Kier molecular flexibility index (Phi) is 27.7. The van der Waals surface area contributed by atoms with Crippen molar-refractivity contribution in [1.29, 1.82) is 0 Å². The number of carbonyl (C=O) groups excluding carboxylic acids is 6. The maximum absolute atomic E-state index is 12.5. The minimum atomic E-state index is -0.412. The van der Waals surface area contributed by atoms with E-state index in [0.717, 1.165) is 73.7 Å². The van der Waals surface area contributed by atoms with E-state index in [2.05, 4.69) is 6.07 Å². The van der Waals surface area contributed by atoms with Gasteiger partial charge in [0.05, 0.1) is 73.6 Å². The minimum absolute atomic E-state index is 0.134. The third-order valence-corrected chi connectivity index (χ3v) is 16.1. The van der Waals surface area contributed by atoms with E-state index in [1.165, 1.54) is 0 Å². The molecule has 3 amide bonds. The summed E-state index contributed by atoms with van der Waals surface area (Å²) in [5, 5.41) is 0. The van der Waals surface area contributed by atoms with Gasteiger partial charge in [-0.25, -0.2) is 14.4 Å². The summed E-state index contributed by atoms with van der Waals surface area (Å²) in [5.41, 5.74) is 8.49. The Hall–Kier alpha value is -9.66. The number of ether oxygens (including phenoxy) is 12. The molecule has 3 aliphatic rings.